The summed E-state index contributed by atoms with van der Waals surface area (Å²) in [5.74, 6) is -2.89. The molecule has 0 fully saturated rings. The summed E-state index contributed by atoms with van der Waals surface area (Å²) in [4.78, 5) is 96.2. The third-order valence-electron chi connectivity index (χ3n) is 21.3. The van der Waals surface area contributed by atoms with Gasteiger partial charge in [0.2, 0.25) is 23.6 Å². The molecule has 4 amide bonds. The maximum absolute atomic E-state index is 14.8. The van der Waals surface area contributed by atoms with Crippen LogP contribution in [0.4, 0.5) is 40.3 Å². The normalized spacial score (nSPS) is 10.8. The lowest BCUT2D eigenvalue weighted by atomic mass is 10.1. The molecular weight excluding hydrogens is 1850 g/mol. The Morgan fingerprint density at radius 1 is 0.343 bits per heavy atom. The number of aromatic nitrogens is 13. The molecule has 8 heterocycles. The number of fused-ring (bicyclic) bond motifs is 4. The summed E-state index contributed by atoms with van der Waals surface area (Å²) in [7, 11) is 11.1. The van der Waals surface area contributed by atoms with E-state index in [2.05, 4.69) is 87.6 Å². The number of hydrogen-bond acceptors (Lipinski definition) is 22. The Bertz CT molecular complexity index is 6720. The quantitative estimate of drug-likeness (QED) is 0.0232. The number of nitrogens with one attached hydrogen (secondary N) is 4. The fourth-order valence-corrected chi connectivity index (χ4v) is 15.6. The number of para-hydroxylation sites is 4. The van der Waals surface area contributed by atoms with E-state index in [4.69, 9.17) is 89.3 Å². The lowest BCUT2D eigenvalue weighted by Crippen LogP contribution is -2.16. The molecule has 0 spiro atoms. The highest BCUT2D eigenvalue weighted by Gasteiger charge is 2.30. The summed E-state index contributed by atoms with van der Waals surface area (Å²) in [6.07, 6.45) is 19.5. The maximum atomic E-state index is 14.8. The molecule has 0 saturated heterocycles. The van der Waals surface area contributed by atoms with Crippen LogP contribution in [-0.4, -0.2) is 150 Å². The summed E-state index contributed by atoms with van der Waals surface area (Å²) < 4.78 is 107. The van der Waals surface area contributed by atoms with E-state index in [0.29, 0.717) is 160 Å². The molecule has 16 aromatic rings. The maximum Gasteiger partial charge on any atom is 0.268 e. The van der Waals surface area contributed by atoms with E-state index in [9.17, 15) is 41.5 Å². The van der Waals surface area contributed by atoms with Crippen LogP contribution < -0.4 is 59.2 Å². The molecule has 0 aliphatic rings. The van der Waals surface area contributed by atoms with Crippen LogP contribution in [0.5, 0.6) is 46.0 Å². The molecule has 16 rings (SSSR count). The van der Waals surface area contributed by atoms with E-state index in [1.165, 1.54) is 91.5 Å². The van der Waals surface area contributed by atoms with Crippen molar-refractivity contribution >= 4 is 143 Å². The minimum Gasteiger partial charge on any atom is -0.495 e. The van der Waals surface area contributed by atoms with Crippen LogP contribution in [0.15, 0.2) is 240 Å². The number of methoxy groups -OCH3 is 8. The summed E-state index contributed by atoms with van der Waals surface area (Å²) in [5, 5.41) is 17.2. The lowest BCUT2D eigenvalue weighted by Gasteiger charge is -2.15. The molecule has 8 aromatic carbocycles. The van der Waals surface area contributed by atoms with E-state index >= 15 is 0 Å². The van der Waals surface area contributed by atoms with E-state index in [1.54, 1.807) is 90.9 Å². The number of anilines is 4. The van der Waals surface area contributed by atoms with E-state index in [1.807, 2.05) is 95.7 Å². The minimum absolute atomic E-state index is 0.103. The predicted molar refractivity (Wildman–Crippen MR) is 515 cm³/mol. The van der Waals surface area contributed by atoms with Crippen molar-refractivity contribution in [2.24, 2.45) is 0 Å². The van der Waals surface area contributed by atoms with E-state index in [0.717, 1.165) is 43.9 Å². The zero-order valence-electron chi connectivity index (χ0n) is 74.6. The van der Waals surface area contributed by atoms with Gasteiger partial charge in [0.05, 0.1) is 166 Å². The average molecular weight is 1940 g/mol. The molecule has 0 atom stereocenters. The Labute approximate surface area is 801 Å². The van der Waals surface area contributed by atoms with Crippen LogP contribution in [0, 0.1) is 23.3 Å². The van der Waals surface area contributed by atoms with Crippen LogP contribution in [0.25, 0.3) is 44.1 Å². The first-order chi connectivity index (χ1) is 66.2. The summed E-state index contributed by atoms with van der Waals surface area (Å²) in [5.41, 5.74) is 11.1. The molecule has 0 unspecified atom stereocenters. The van der Waals surface area contributed by atoms with Crippen molar-refractivity contribution in [2.45, 2.75) is 45.3 Å². The van der Waals surface area contributed by atoms with Crippen molar-refractivity contribution in [1.82, 2.24) is 63.4 Å². The Kier molecular flexibility index (Phi) is 32.4. The average Bonchev–Trinajstić information content (AvgIpc) is 1.75. The number of ether oxygens (including phenoxy) is 8. The highest BCUT2D eigenvalue weighted by Crippen LogP contribution is 2.44. The zero-order valence-corrected chi connectivity index (χ0v) is 77.7. The Hall–Kier alpha value is -16.0. The van der Waals surface area contributed by atoms with Crippen LogP contribution in [0.3, 0.4) is 0 Å². The van der Waals surface area contributed by atoms with Gasteiger partial charge < -0.3 is 68.3 Å². The Balaban J connectivity index is 0.000000154. The van der Waals surface area contributed by atoms with Gasteiger partial charge in [-0.1, -0.05) is 146 Å². The van der Waals surface area contributed by atoms with Crippen molar-refractivity contribution in [3.05, 3.63) is 351 Å². The molecule has 0 saturated carbocycles. The van der Waals surface area contributed by atoms with Crippen LogP contribution in [-0.2, 0) is 64.5 Å². The second-order valence-corrected chi connectivity index (χ2v) is 31.0. The van der Waals surface area contributed by atoms with Gasteiger partial charge in [-0.3, -0.25) is 33.2 Å². The van der Waals surface area contributed by atoms with Crippen molar-refractivity contribution in [2.75, 3.05) is 78.1 Å². The zero-order chi connectivity index (χ0) is 97.8. The first kappa shape index (κ1) is 98.5. The molecule has 8 aromatic heterocycles. The topological polar surface area (TPSA) is 343 Å². The molecule has 4 N–H and O–H groups in total. The van der Waals surface area contributed by atoms with Gasteiger partial charge >= 0.3 is 0 Å². The number of carbonyl (C=O) groups excluding carboxylic acids is 5. The van der Waals surface area contributed by atoms with E-state index < -0.39 is 34.7 Å². The molecular formula is C99H85Cl4F4N17O13. The second-order valence-electron chi connectivity index (χ2n) is 29.5. The van der Waals surface area contributed by atoms with Crippen LogP contribution in [0.2, 0.25) is 20.1 Å². The first-order valence-corrected chi connectivity index (χ1v) is 42.8. The van der Waals surface area contributed by atoms with Crippen molar-refractivity contribution in [3.8, 4) is 46.0 Å². The summed E-state index contributed by atoms with van der Waals surface area (Å²) >= 11 is 26.1. The summed E-state index contributed by atoms with van der Waals surface area (Å²) in [6.45, 7) is 14.5. The number of benzene rings is 8. The van der Waals surface area contributed by atoms with Crippen molar-refractivity contribution < 1.29 is 79.4 Å². The number of carbonyl (C=O) groups is 5. The third-order valence-corrected chi connectivity index (χ3v) is 22.9. The van der Waals surface area contributed by atoms with Gasteiger partial charge in [0.1, 0.15) is 62.9 Å². The van der Waals surface area contributed by atoms with Crippen molar-refractivity contribution in [1.29, 1.82) is 0 Å². The molecule has 0 bridgehead atoms. The van der Waals surface area contributed by atoms with Gasteiger partial charge in [0.15, 0.2) is 46.3 Å². The first-order valence-electron chi connectivity index (χ1n) is 41.3. The molecule has 700 valence electrons. The standard InChI is InChI=1S/C25H22Cl2N4O3.C25H20F2N4O4.C25H22F2N4O3.C24H21Cl2N5O3/c1-4-23(32)30-17-8-6-5-7-15(17)11-22-28-13-19-18(29-22)9-10-31(19)14-16-24(26)20(33-2)12-21(34-3)25(16)27;1-4-21(32)30-15-8-6-5-7-14(15)11-20-28-13-17-16(29-20)9-10-31(17)25(33)22-23(26)18(34-2)12-19(35-3)24(22)27;1-4-23(32)30-17-8-6-5-7-15(17)11-22-28-13-19-18(29-22)9-10-31(19)14-16-24(26)20(33-2)12-21(34-3)25(16)27;1-4-22(32)30-16-8-6-5-7-14(16)9-21-27-12-18-17(29-21)11-28-31(18)13-15-23(25)19(33-2)10-20(34-3)24(15)26/h4-10,12-13H,1,11,14H2,2-3H3,(H,30,32);4-10,12-13H,1,11H2,2-3H3,(H,30,32);4-10,12-13H,1,11,14H2,2-3H3,(H,30,32);4-8,10-12H,1,9,13H2,2-3H3,(H,30,32). The number of amides is 4. The van der Waals surface area contributed by atoms with Crippen molar-refractivity contribution in [3.63, 3.8) is 0 Å². The fourth-order valence-electron chi connectivity index (χ4n) is 14.3. The van der Waals surface area contributed by atoms with Gasteiger partial charge in [0.25, 0.3) is 5.91 Å². The number of nitrogens with zero attached hydrogens (tertiary/aromatic N) is 13. The largest absolute Gasteiger partial charge is 0.495 e. The Morgan fingerprint density at radius 2 is 0.628 bits per heavy atom. The molecule has 30 nitrogen and oxygen atoms in total. The minimum atomic E-state index is -1.15. The second kappa shape index (κ2) is 45.1. The number of hydrogen-bond donors (Lipinski definition) is 4. The highest BCUT2D eigenvalue weighted by molar-refractivity contribution is 6.38. The van der Waals surface area contributed by atoms with Crippen LogP contribution in [0.1, 0.15) is 72.6 Å². The molecule has 0 radical (unpaired) electrons. The van der Waals surface area contributed by atoms with Crippen LogP contribution >= 0.6 is 46.4 Å². The van der Waals surface area contributed by atoms with Gasteiger partial charge in [0, 0.05) is 102 Å². The molecule has 0 aliphatic carbocycles. The highest BCUT2D eigenvalue weighted by atomic mass is 35.5. The number of halogens is 8. The monoisotopic (exact) mass is 1940 g/mol. The van der Waals surface area contributed by atoms with Gasteiger partial charge in [-0.25, -0.2) is 57.4 Å². The summed E-state index contributed by atoms with van der Waals surface area (Å²) in [6, 6.07) is 40.2. The Morgan fingerprint density at radius 3 is 0.971 bits per heavy atom. The smallest absolute Gasteiger partial charge is 0.268 e. The molecule has 38 heteroatoms. The van der Waals surface area contributed by atoms with Gasteiger partial charge in [-0.2, -0.15) is 5.10 Å². The SMILES string of the molecule is C=CC(=O)Nc1ccccc1Cc1ncc2c(ccn2C(=O)c2c(F)c(OC)cc(OC)c2F)n1.C=CC(=O)Nc1ccccc1Cc1ncc2c(ccn2Cc2c(Cl)c(OC)cc(OC)c2Cl)n1.C=CC(=O)Nc1ccccc1Cc1ncc2c(ccn2Cc2c(F)c(OC)cc(OC)c2F)n1.C=CC(=O)Nc1ccccc1Cc1ncc2c(cnn2Cc2c(Cl)c(OC)cc(OC)c2Cl)n1. The molecule has 0 aliphatic heterocycles. The van der Waals surface area contributed by atoms with Gasteiger partial charge in [-0.05, 0) is 89.0 Å². The fraction of sp³-hybridized carbons (Fsp3) is 0.152. The molecule has 137 heavy (non-hydrogen) atoms. The third kappa shape index (κ3) is 22.6. The lowest BCUT2D eigenvalue weighted by molar-refractivity contribution is -0.112. The number of rotatable bonds is 31. The predicted octanol–water partition coefficient (Wildman–Crippen LogP) is 19.1. The van der Waals surface area contributed by atoms with E-state index in [-0.39, 0.29) is 70.8 Å². The van der Waals surface area contributed by atoms with Gasteiger partial charge in [-0.15, -0.1) is 0 Å².